The zero-order chi connectivity index (χ0) is 7.98. The first-order valence-corrected chi connectivity index (χ1v) is 4.23. The van der Waals surface area contributed by atoms with E-state index in [1.807, 2.05) is 0 Å². The number of hydrogen-bond acceptors (Lipinski definition) is 1. The van der Waals surface area contributed by atoms with Crippen molar-refractivity contribution in [3.8, 4) is 0 Å². The fourth-order valence-electron chi connectivity index (χ4n) is 0.929. The van der Waals surface area contributed by atoms with Crippen molar-refractivity contribution in [3.63, 3.8) is 0 Å². The molecule has 0 radical (unpaired) electrons. The molecular weight excluding hydrogens is 148 g/mol. The fraction of sp³-hybridized carbons (Fsp3) is 0.875. The highest BCUT2D eigenvalue weighted by Crippen LogP contribution is 2.12. The summed E-state index contributed by atoms with van der Waals surface area (Å²) < 4.78 is 0. The molecule has 0 bridgehead atoms. The van der Waals surface area contributed by atoms with Gasteiger partial charge >= 0.3 is 0 Å². The Morgan fingerprint density at radius 3 is 2.60 bits per heavy atom. The summed E-state index contributed by atoms with van der Waals surface area (Å²) in [5.74, 6) is 0.463. The van der Waals surface area contributed by atoms with Gasteiger partial charge in [-0.3, -0.25) is 4.79 Å². The second-order valence-corrected chi connectivity index (χ2v) is 3.23. The average molecular weight is 163 g/mol. The third-order valence-corrected chi connectivity index (χ3v) is 1.71. The number of hydrogen-bond donors (Lipinski definition) is 0. The van der Waals surface area contributed by atoms with E-state index in [9.17, 15) is 4.79 Å². The van der Waals surface area contributed by atoms with Crippen LogP contribution in [-0.2, 0) is 4.79 Å². The molecule has 10 heavy (non-hydrogen) atoms. The lowest BCUT2D eigenvalue weighted by Crippen LogP contribution is -1.99. The molecule has 1 atom stereocenters. The monoisotopic (exact) mass is 162 g/mol. The maximum absolute atomic E-state index is 10.4. The summed E-state index contributed by atoms with van der Waals surface area (Å²) in [6.07, 6.45) is 4.04. The highest BCUT2D eigenvalue weighted by Gasteiger charge is 2.04. The Kier molecular flexibility index (Phi) is 5.70. The molecule has 60 valence electrons. The van der Waals surface area contributed by atoms with Crippen molar-refractivity contribution in [2.75, 3.05) is 0 Å². The lowest BCUT2D eigenvalue weighted by Gasteiger charge is -2.05. The summed E-state index contributed by atoms with van der Waals surface area (Å²) in [7, 11) is 0. The van der Waals surface area contributed by atoms with Crippen LogP contribution in [0.3, 0.4) is 0 Å². The molecule has 0 saturated carbocycles. The van der Waals surface area contributed by atoms with Gasteiger partial charge in [0.05, 0.1) is 0 Å². The quantitative estimate of drug-likeness (QED) is 0.568. The Bertz CT molecular complexity index is 101. The topological polar surface area (TPSA) is 17.1 Å². The maximum atomic E-state index is 10.4. The first-order chi connectivity index (χ1) is 4.66. The SMILES string of the molecule is CCCC[C@H](C)CC(=O)Cl. The number of carbonyl (C=O) groups excluding carboxylic acids is 1. The minimum Gasteiger partial charge on any atom is -0.281 e. The molecule has 0 aliphatic carbocycles. The zero-order valence-electron chi connectivity index (χ0n) is 6.69. The van der Waals surface area contributed by atoms with Gasteiger partial charge in [0, 0.05) is 6.42 Å². The number of carbonyl (C=O) groups is 1. The Morgan fingerprint density at radius 1 is 1.60 bits per heavy atom. The molecule has 0 aliphatic heterocycles. The van der Waals surface area contributed by atoms with Crippen LogP contribution in [0.4, 0.5) is 0 Å². The van der Waals surface area contributed by atoms with Crippen molar-refractivity contribution in [2.24, 2.45) is 5.92 Å². The summed E-state index contributed by atoms with van der Waals surface area (Å²) in [5.41, 5.74) is 0. The number of rotatable bonds is 5. The van der Waals surface area contributed by atoms with E-state index in [1.54, 1.807) is 0 Å². The van der Waals surface area contributed by atoms with Gasteiger partial charge in [-0.05, 0) is 17.5 Å². The van der Waals surface area contributed by atoms with Crippen LogP contribution >= 0.6 is 11.6 Å². The van der Waals surface area contributed by atoms with Gasteiger partial charge in [-0.25, -0.2) is 0 Å². The molecule has 2 heteroatoms. The van der Waals surface area contributed by atoms with E-state index in [0.717, 1.165) is 6.42 Å². The van der Waals surface area contributed by atoms with Crippen LogP contribution in [0.5, 0.6) is 0 Å². The average Bonchev–Trinajstić information content (AvgIpc) is 1.82. The Hall–Kier alpha value is -0.0400. The van der Waals surface area contributed by atoms with E-state index in [1.165, 1.54) is 12.8 Å². The van der Waals surface area contributed by atoms with Gasteiger partial charge in [-0.2, -0.15) is 0 Å². The highest BCUT2D eigenvalue weighted by atomic mass is 35.5. The van der Waals surface area contributed by atoms with Crippen LogP contribution in [0.1, 0.15) is 39.5 Å². The van der Waals surface area contributed by atoms with Gasteiger partial charge in [-0.15, -0.1) is 0 Å². The molecule has 0 aromatic carbocycles. The zero-order valence-corrected chi connectivity index (χ0v) is 7.45. The summed E-state index contributed by atoms with van der Waals surface area (Å²) in [6, 6.07) is 0. The largest absolute Gasteiger partial charge is 0.281 e. The van der Waals surface area contributed by atoms with Crippen LogP contribution in [0.15, 0.2) is 0 Å². The predicted octanol–water partition coefficient (Wildman–Crippen LogP) is 2.97. The lowest BCUT2D eigenvalue weighted by atomic mass is 10.0. The van der Waals surface area contributed by atoms with Crippen LogP contribution < -0.4 is 0 Å². The number of halogens is 1. The molecule has 0 unspecified atom stereocenters. The van der Waals surface area contributed by atoms with Gasteiger partial charge in [-0.1, -0.05) is 33.1 Å². The van der Waals surface area contributed by atoms with Crippen molar-refractivity contribution < 1.29 is 4.79 Å². The number of unbranched alkanes of at least 4 members (excludes halogenated alkanes) is 1. The Morgan fingerprint density at radius 2 is 2.20 bits per heavy atom. The van der Waals surface area contributed by atoms with Crippen molar-refractivity contribution >= 4 is 16.8 Å². The molecule has 0 amide bonds. The highest BCUT2D eigenvalue weighted by molar-refractivity contribution is 6.63. The normalized spacial score (nSPS) is 13.1. The van der Waals surface area contributed by atoms with E-state index >= 15 is 0 Å². The van der Waals surface area contributed by atoms with E-state index in [0.29, 0.717) is 12.3 Å². The maximum Gasteiger partial charge on any atom is 0.221 e. The molecular formula is C8H15ClO. The standard InChI is InChI=1S/C8H15ClO/c1-3-4-5-7(2)6-8(9)10/h7H,3-6H2,1-2H3/t7-/m0/s1. The molecule has 0 fully saturated rings. The predicted molar refractivity (Wildman–Crippen MR) is 44.2 cm³/mol. The van der Waals surface area contributed by atoms with Crippen molar-refractivity contribution in [2.45, 2.75) is 39.5 Å². The third kappa shape index (κ3) is 6.09. The summed E-state index contributed by atoms with van der Waals surface area (Å²) in [5, 5.41) is -0.205. The minimum absolute atomic E-state index is 0.205. The van der Waals surface area contributed by atoms with Gasteiger partial charge < -0.3 is 0 Å². The van der Waals surface area contributed by atoms with Gasteiger partial charge in [0.25, 0.3) is 0 Å². The van der Waals surface area contributed by atoms with Gasteiger partial charge in [0.2, 0.25) is 5.24 Å². The van der Waals surface area contributed by atoms with E-state index in [-0.39, 0.29) is 5.24 Å². The van der Waals surface area contributed by atoms with Gasteiger partial charge in [0.1, 0.15) is 0 Å². The smallest absolute Gasteiger partial charge is 0.221 e. The summed E-state index contributed by atoms with van der Waals surface area (Å²) >= 11 is 5.21. The molecule has 0 spiro atoms. The van der Waals surface area contributed by atoms with Crippen LogP contribution in [-0.4, -0.2) is 5.24 Å². The Labute approximate surface area is 67.8 Å². The molecule has 0 saturated heterocycles. The fourth-order valence-corrected chi connectivity index (χ4v) is 1.19. The van der Waals surface area contributed by atoms with Gasteiger partial charge in [0.15, 0.2) is 0 Å². The second kappa shape index (κ2) is 5.72. The van der Waals surface area contributed by atoms with Crippen molar-refractivity contribution in [1.82, 2.24) is 0 Å². The molecule has 0 rings (SSSR count). The van der Waals surface area contributed by atoms with E-state index in [4.69, 9.17) is 11.6 Å². The van der Waals surface area contributed by atoms with Crippen molar-refractivity contribution in [3.05, 3.63) is 0 Å². The third-order valence-electron chi connectivity index (χ3n) is 1.56. The van der Waals surface area contributed by atoms with Crippen LogP contribution in [0, 0.1) is 5.92 Å². The Balaban J connectivity index is 3.25. The molecule has 0 heterocycles. The molecule has 0 aromatic heterocycles. The summed E-state index contributed by atoms with van der Waals surface area (Å²) in [6.45, 7) is 4.21. The van der Waals surface area contributed by atoms with E-state index in [2.05, 4.69) is 13.8 Å². The van der Waals surface area contributed by atoms with Crippen LogP contribution in [0.25, 0.3) is 0 Å². The summed E-state index contributed by atoms with van der Waals surface area (Å²) in [4.78, 5) is 10.4. The van der Waals surface area contributed by atoms with E-state index < -0.39 is 0 Å². The lowest BCUT2D eigenvalue weighted by molar-refractivity contribution is -0.112. The molecule has 0 N–H and O–H groups in total. The molecule has 0 aliphatic rings. The first-order valence-electron chi connectivity index (χ1n) is 3.85. The minimum atomic E-state index is -0.205. The molecule has 0 aromatic rings. The second-order valence-electron chi connectivity index (χ2n) is 2.81. The molecule has 1 nitrogen and oxygen atoms in total. The first kappa shape index (κ1) is 9.96. The van der Waals surface area contributed by atoms with Crippen LogP contribution in [0.2, 0.25) is 0 Å². The van der Waals surface area contributed by atoms with Crippen molar-refractivity contribution in [1.29, 1.82) is 0 Å².